The highest BCUT2D eigenvalue weighted by molar-refractivity contribution is 5.93. The summed E-state index contributed by atoms with van der Waals surface area (Å²) in [6, 6.07) is 0. The average Bonchev–Trinajstić information content (AvgIpc) is 3.03. The Balaban J connectivity index is 1.64. The lowest BCUT2D eigenvalue weighted by Gasteiger charge is -2.61. The van der Waals surface area contributed by atoms with Gasteiger partial charge in [0.1, 0.15) is 12.4 Å². The fourth-order valence-corrected chi connectivity index (χ4v) is 7.87. The molecule has 0 amide bonds. The number of carbonyl (C=O) groups is 3. The first-order chi connectivity index (χ1) is 15.9. The summed E-state index contributed by atoms with van der Waals surface area (Å²) in [6.07, 6.45) is 3.35. The van der Waals surface area contributed by atoms with Gasteiger partial charge in [-0.05, 0) is 55.1 Å². The molecule has 0 aromatic heterocycles. The second kappa shape index (κ2) is 8.65. The van der Waals surface area contributed by atoms with Gasteiger partial charge < -0.3 is 9.84 Å². The molecule has 0 spiro atoms. The molecule has 188 valence electrons. The summed E-state index contributed by atoms with van der Waals surface area (Å²) in [5.41, 5.74) is -4.15. The van der Waals surface area contributed by atoms with Crippen molar-refractivity contribution in [2.24, 2.45) is 34.5 Å². The fourth-order valence-electron chi connectivity index (χ4n) is 7.87. The topological polar surface area (TPSA) is 80.7 Å². The molecule has 5 nitrogen and oxygen atoms in total. The summed E-state index contributed by atoms with van der Waals surface area (Å²) in [4.78, 5) is 37.2. The highest BCUT2D eigenvalue weighted by Gasteiger charge is 2.72. The van der Waals surface area contributed by atoms with Gasteiger partial charge in [-0.3, -0.25) is 14.4 Å². The van der Waals surface area contributed by atoms with E-state index < -0.39 is 46.2 Å². The van der Waals surface area contributed by atoms with Crippen molar-refractivity contribution in [2.75, 3.05) is 6.61 Å². The van der Waals surface area contributed by atoms with Crippen molar-refractivity contribution in [1.29, 1.82) is 0 Å². The van der Waals surface area contributed by atoms with Crippen LogP contribution in [0, 0.1) is 34.5 Å². The third kappa shape index (κ3) is 3.52. The lowest BCUT2D eigenvalue weighted by Crippen LogP contribution is -2.66. The lowest BCUT2D eigenvalue weighted by atomic mass is 9.45. The Kier molecular flexibility index (Phi) is 6.41. The Morgan fingerprint density at radius 1 is 1.26 bits per heavy atom. The highest BCUT2D eigenvalue weighted by Crippen LogP contribution is 2.70. The molecule has 4 aliphatic carbocycles. The third-order valence-corrected chi connectivity index (χ3v) is 9.46. The summed E-state index contributed by atoms with van der Waals surface area (Å²) < 4.78 is 37.7. The molecule has 0 aromatic carbocycles. The molecular weight excluding hydrogens is 442 g/mol. The number of rotatable bonds is 6. The number of hydrogen-bond acceptors (Lipinski definition) is 5. The van der Waals surface area contributed by atoms with E-state index >= 15 is 8.78 Å². The van der Waals surface area contributed by atoms with E-state index in [1.807, 2.05) is 20.8 Å². The maximum absolute atomic E-state index is 17.1. The minimum atomic E-state index is -2.14. The summed E-state index contributed by atoms with van der Waals surface area (Å²) in [7, 11) is 0. The van der Waals surface area contributed by atoms with Gasteiger partial charge >= 0.3 is 5.97 Å². The van der Waals surface area contributed by atoms with Crippen LogP contribution in [0.25, 0.3) is 0 Å². The molecule has 4 aliphatic rings. The molecule has 2 saturated carbocycles. The summed E-state index contributed by atoms with van der Waals surface area (Å²) in [5.74, 6) is -3.14. The maximum Gasteiger partial charge on any atom is 0.306 e. The fraction of sp³-hybridized carbons (Fsp3) is 0.741. The molecule has 7 heteroatoms. The van der Waals surface area contributed by atoms with Crippen LogP contribution in [0.5, 0.6) is 0 Å². The quantitative estimate of drug-likeness (QED) is 0.554. The van der Waals surface area contributed by atoms with E-state index in [-0.39, 0.29) is 61.3 Å². The van der Waals surface area contributed by atoms with Crippen molar-refractivity contribution in [2.45, 2.75) is 84.4 Å². The zero-order chi connectivity index (χ0) is 25.1. The smallest absolute Gasteiger partial charge is 0.306 e. The van der Waals surface area contributed by atoms with Crippen molar-refractivity contribution in [3.63, 3.8) is 0 Å². The van der Waals surface area contributed by atoms with E-state index in [9.17, 15) is 19.5 Å². The van der Waals surface area contributed by atoms with Crippen LogP contribution < -0.4 is 0 Å². The van der Waals surface area contributed by atoms with Crippen molar-refractivity contribution in [3.05, 3.63) is 23.6 Å². The number of fused-ring (bicyclic) bond motifs is 5. The van der Waals surface area contributed by atoms with Gasteiger partial charge in [0, 0.05) is 36.5 Å². The number of esters is 1. The monoisotopic (exact) mass is 478 g/mol. The van der Waals surface area contributed by atoms with Gasteiger partial charge in [-0.2, -0.15) is 0 Å². The highest BCUT2D eigenvalue weighted by atomic mass is 19.1. The predicted octanol–water partition coefficient (Wildman–Crippen LogP) is 4.82. The van der Waals surface area contributed by atoms with E-state index in [1.165, 1.54) is 12.2 Å². The number of unbranched alkanes of at least 4 members (excludes halogenated alkanes) is 1. The number of aliphatic hydroxyl groups excluding tert-OH is 1. The number of halogens is 2. The molecule has 34 heavy (non-hydrogen) atoms. The van der Waals surface area contributed by atoms with E-state index in [0.717, 1.165) is 6.42 Å². The summed E-state index contributed by atoms with van der Waals surface area (Å²) in [5, 5.41) is 11.3. The van der Waals surface area contributed by atoms with Crippen molar-refractivity contribution >= 4 is 17.5 Å². The van der Waals surface area contributed by atoms with E-state index in [0.29, 0.717) is 12.8 Å². The molecule has 0 aromatic rings. The first kappa shape index (κ1) is 25.2. The summed E-state index contributed by atoms with van der Waals surface area (Å²) >= 11 is 0. The molecule has 8 unspecified atom stereocenters. The molecule has 0 heterocycles. The van der Waals surface area contributed by atoms with Crippen LogP contribution in [0.2, 0.25) is 0 Å². The van der Waals surface area contributed by atoms with Crippen molar-refractivity contribution in [1.82, 2.24) is 0 Å². The molecule has 1 N–H and O–H groups in total. The van der Waals surface area contributed by atoms with E-state index in [4.69, 9.17) is 4.74 Å². The number of aliphatic hydroxyl groups is 1. The molecule has 0 saturated heterocycles. The first-order valence-electron chi connectivity index (χ1n) is 12.6. The Bertz CT molecular complexity index is 957. The normalized spacial score (nSPS) is 43.3. The van der Waals surface area contributed by atoms with Crippen LogP contribution in [0.3, 0.4) is 0 Å². The van der Waals surface area contributed by atoms with Gasteiger partial charge in [0.2, 0.25) is 0 Å². The second-order valence-corrected chi connectivity index (χ2v) is 11.4. The molecule has 0 radical (unpaired) electrons. The summed E-state index contributed by atoms with van der Waals surface area (Å²) in [6.45, 7) is 7.04. The zero-order valence-electron chi connectivity index (χ0n) is 20.5. The molecule has 0 aliphatic heterocycles. The van der Waals surface area contributed by atoms with Gasteiger partial charge in [-0.1, -0.05) is 33.3 Å². The average molecular weight is 479 g/mol. The first-order valence-corrected chi connectivity index (χ1v) is 12.6. The van der Waals surface area contributed by atoms with Crippen LogP contribution in [-0.2, 0) is 19.1 Å². The van der Waals surface area contributed by atoms with Gasteiger partial charge in [0.05, 0.1) is 6.10 Å². The van der Waals surface area contributed by atoms with Crippen LogP contribution in [-0.4, -0.2) is 41.0 Å². The molecule has 8 atom stereocenters. The lowest BCUT2D eigenvalue weighted by molar-refractivity contribution is -0.193. The minimum absolute atomic E-state index is 0.0570. The molecule has 2 fully saturated rings. The predicted molar refractivity (Wildman–Crippen MR) is 122 cm³/mol. The minimum Gasteiger partial charge on any atom is -0.458 e. The number of allylic oxidation sites excluding steroid dienone is 4. The largest absolute Gasteiger partial charge is 0.458 e. The van der Waals surface area contributed by atoms with Gasteiger partial charge in [0.15, 0.2) is 17.2 Å². The molecule has 4 rings (SSSR count). The van der Waals surface area contributed by atoms with Crippen LogP contribution in [0.15, 0.2) is 23.6 Å². The molecular formula is C27H36F2O5. The van der Waals surface area contributed by atoms with Crippen LogP contribution >= 0.6 is 0 Å². The van der Waals surface area contributed by atoms with Crippen molar-refractivity contribution in [3.8, 4) is 0 Å². The Morgan fingerprint density at radius 2 is 1.97 bits per heavy atom. The van der Waals surface area contributed by atoms with Crippen molar-refractivity contribution < 1.29 is 33.0 Å². The Labute approximate surface area is 200 Å². The maximum atomic E-state index is 17.1. The standard InChI is InChI=1S/C27H36F2O5/c1-5-6-7-23(33)34-14-21(31)24-15(2)10-17-18-12-20(28)19-11-16(30)8-9-26(19,4)27(18,29)22(32)13-25(17,24)3/h8-9,15,17-18,22,24,32H,5-7,10-14H2,1-4H3. The second-order valence-electron chi connectivity index (χ2n) is 11.4. The number of hydrogen-bond donors (Lipinski definition) is 1. The van der Waals surface area contributed by atoms with Gasteiger partial charge in [-0.25, -0.2) is 8.78 Å². The van der Waals surface area contributed by atoms with Crippen LogP contribution in [0.4, 0.5) is 8.78 Å². The molecule has 0 bridgehead atoms. The number of alkyl halides is 1. The number of carbonyl (C=O) groups excluding carboxylic acids is 3. The zero-order valence-corrected chi connectivity index (χ0v) is 20.5. The third-order valence-electron chi connectivity index (χ3n) is 9.46. The number of ketones is 2. The van der Waals surface area contributed by atoms with E-state index in [1.54, 1.807) is 6.92 Å². The van der Waals surface area contributed by atoms with Gasteiger partial charge in [0.25, 0.3) is 0 Å². The SMILES string of the molecule is CCCCC(=O)OCC(=O)C1C(C)CC2C3CC(F)=C4CC(=O)C=CC4(C)C3(F)C(O)CC21C. The van der Waals surface area contributed by atoms with Gasteiger partial charge in [-0.15, -0.1) is 0 Å². The van der Waals surface area contributed by atoms with Crippen LogP contribution in [0.1, 0.15) is 72.6 Å². The number of Topliss-reactive ketones (excluding diaryl/α,β-unsaturated/α-hetero) is 1. The number of ether oxygens (including phenoxy) is 1. The Morgan fingerprint density at radius 3 is 2.65 bits per heavy atom. The van der Waals surface area contributed by atoms with E-state index in [2.05, 4.69) is 0 Å². The Hall–Kier alpha value is -1.89.